The number of aliphatic hydroxyl groups excluding tert-OH is 1. The lowest BCUT2D eigenvalue weighted by Crippen LogP contribution is -2.02. The van der Waals surface area contributed by atoms with Crippen LogP contribution in [0.15, 0.2) is 30.3 Å². The number of rotatable bonds is 7. The molecule has 0 saturated heterocycles. The van der Waals surface area contributed by atoms with Crippen LogP contribution in [0.1, 0.15) is 38.3 Å². The molecule has 1 N–H and O–H groups in total. The van der Waals surface area contributed by atoms with Crippen molar-refractivity contribution < 1.29 is 9.84 Å². The smallest absolute Gasteiger partial charge is 0.221 e. The van der Waals surface area contributed by atoms with Crippen molar-refractivity contribution in [2.24, 2.45) is 0 Å². The average molecular weight is 259 g/mol. The van der Waals surface area contributed by atoms with Gasteiger partial charge in [0.15, 0.2) is 0 Å². The van der Waals surface area contributed by atoms with Crippen LogP contribution in [0.3, 0.4) is 0 Å². The van der Waals surface area contributed by atoms with E-state index in [4.69, 9.17) is 4.74 Å². The average Bonchev–Trinajstić information content (AvgIpc) is 2.46. The van der Waals surface area contributed by atoms with Crippen molar-refractivity contribution in [1.29, 1.82) is 0 Å². The molecule has 0 radical (unpaired) electrons. The maximum atomic E-state index is 9.25. The van der Waals surface area contributed by atoms with Gasteiger partial charge >= 0.3 is 0 Å². The van der Waals surface area contributed by atoms with E-state index in [0.717, 1.165) is 17.2 Å². The summed E-state index contributed by atoms with van der Waals surface area (Å²) in [5.41, 5.74) is 0.655. The lowest BCUT2D eigenvalue weighted by Gasteiger charge is -2.10. The fourth-order valence-electron chi connectivity index (χ4n) is 2.11. The zero-order valence-corrected chi connectivity index (χ0v) is 11.4. The van der Waals surface area contributed by atoms with Crippen molar-refractivity contribution in [1.82, 2.24) is 4.98 Å². The molecule has 3 nitrogen and oxygen atoms in total. The van der Waals surface area contributed by atoms with E-state index >= 15 is 0 Å². The molecular weight excluding hydrogens is 238 g/mol. The second kappa shape index (κ2) is 7.10. The van der Waals surface area contributed by atoms with E-state index < -0.39 is 0 Å². The van der Waals surface area contributed by atoms with E-state index in [9.17, 15) is 5.11 Å². The third kappa shape index (κ3) is 3.67. The molecule has 0 atom stereocenters. The predicted molar refractivity (Wildman–Crippen MR) is 77.3 cm³/mol. The van der Waals surface area contributed by atoms with Gasteiger partial charge in [-0.15, -0.1) is 0 Å². The molecule has 1 heterocycles. The number of pyridine rings is 1. The van der Waals surface area contributed by atoms with Gasteiger partial charge in [0, 0.05) is 5.39 Å². The Hall–Kier alpha value is -1.61. The zero-order chi connectivity index (χ0) is 13.5. The monoisotopic (exact) mass is 259 g/mol. The van der Waals surface area contributed by atoms with Crippen LogP contribution in [0.5, 0.6) is 5.88 Å². The van der Waals surface area contributed by atoms with Crippen LogP contribution in [-0.2, 0) is 6.61 Å². The number of ether oxygens (including phenoxy) is 1. The molecule has 0 fully saturated rings. The summed E-state index contributed by atoms with van der Waals surface area (Å²) in [7, 11) is 0. The van der Waals surface area contributed by atoms with Crippen LogP contribution in [0.25, 0.3) is 10.8 Å². The highest BCUT2D eigenvalue weighted by atomic mass is 16.5. The lowest BCUT2D eigenvalue weighted by atomic mass is 10.1. The molecule has 102 valence electrons. The molecule has 1 aromatic heterocycles. The minimum atomic E-state index is -0.0585. The Labute approximate surface area is 114 Å². The number of fused-ring (bicyclic) bond motifs is 1. The zero-order valence-electron chi connectivity index (χ0n) is 11.4. The van der Waals surface area contributed by atoms with Crippen LogP contribution < -0.4 is 4.74 Å². The largest absolute Gasteiger partial charge is 0.477 e. The maximum Gasteiger partial charge on any atom is 0.221 e. The van der Waals surface area contributed by atoms with Gasteiger partial charge in [0.25, 0.3) is 0 Å². The molecule has 3 heteroatoms. The van der Waals surface area contributed by atoms with Gasteiger partial charge in [-0.25, -0.2) is 4.98 Å². The molecule has 0 amide bonds. The van der Waals surface area contributed by atoms with Gasteiger partial charge in [0.2, 0.25) is 5.88 Å². The van der Waals surface area contributed by atoms with Crippen molar-refractivity contribution in [3.8, 4) is 5.88 Å². The second-order valence-corrected chi connectivity index (χ2v) is 4.71. The lowest BCUT2D eigenvalue weighted by molar-refractivity contribution is 0.268. The van der Waals surface area contributed by atoms with Gasteiger partial charge in [-0.05, 0) is 23.9 Å². The molecule has 0 bridgehead atoms. The Morgan fingerprint density at radius 1 is 1.16 bits per heavy atom. The van der Waals surface area contributed by atoms with E-state index in [-0.39, 0.29) is 6.61 Å². The van der Waals surface area contributed by atoms with Crippen molar-refractivity contribution in [2.75, 3.05) is 6.61 Å². The molecule has 0 aliphatic rings. The summed E-state index contributed by atoms with van der Waals surface area (Å²) in [5.74, 6) is 0.638. The molecule has 0 unspecified atom stereocenters. The van der Waals surface area contributed by atoms with E-state index in [1.807, 2.05) is 30.3 Å². The van der Waals surface area contributed by atoms with Crippen LogP contribution in [0, 0.1) is 0 Å². The fraction of sp³-hybridized carbons (Fsp3) is 0.438. The second-order valence-electron chi connectivity index (χ2n) is 4.71. The van der Waals surface area contributed by atoms with E-state index in [2.05, 4.69) is 11.9 Å². The highest BCUT2D eigenvalue weighted by molar-refractivity contribution is 5.87. The quantitative estimate of drug-likeness (QED) is 0.771. The van der Waals surface area contributed by atoms with Crippen LogP contribution >= 0.6 is 0 Å². The van der Waals surface area contributed by atoms with Crippen LogP contribution in [0.4, 0.5) is 0 Å². The Bertz CT molecular complexity index is 525. The predicted octanol–water partition coefficient (Wildman–Crippen LogP) is 3.69. The summed E-state index contributed by atoms with van der Waals surface area (Å²) in [6.07, 6.45) is 4.71. The molecule has 19 heavy (non-hydrogen) atoms. The van der Waals surface area contributed by atoms with Gasteiger partial charge in [0.1, 0.15) is 0 Å². The van der Waals surface area contributed by atoms with Crippen molar-refractivity contribution in [3.05, 3.63) is 36.0 Å². The topological polar surface area (TPSA) is 42.4 Å². The summed E-state index contributed by atoms with van der Waals surface area (Å²) in [6.45, 7) is 2.82. The van der Waals surface area contributed by atoms with Gasteiger partial charge in [0.05, 0.1) is 18.9 Å². The third-order valence-corrected chi connectivity index (χ3v) is 3.16. The van der Waals surface area contributed by atoms with Crippen LogP contribution in [0.2, 0.25) is 0 Å². The number of aliphatic hydroxyl groups is 1. The summed E-state index contributed by atoms with van der Waals surface area (Å²) in [4.78, 5) is 4.36. The minimum absolute atomic E-state index is 0.0585. The van der Waals surface area contributed by atoms with E-state index in [1.165, 1.54) is 19.3 Å². The first-order valence-electron chi connectivity index (χ1n) is 6.97. The highest BCUT2D eigenvalue weighted by Gasteiger charge is 2.06. The highest BCUT2D eigenvalue weighted by Crippen LogP contribution is 2.24. The Kier molecular flexibility index (Phi) is 5.16. The van der Waals surface area contributed by atoms with Crippen LogP contribution in [-0.4, -0.2) is 16.7 Å². The molecule has 0 saturated carbocycles. The first-order valence-corrected chi connectivity index (χ1v) is 6.97. The summed E-state index contributed by atoms with van der Waals surface area (Å²) in [5, 5.41) is 11.3. The number of hydrogen-bond donors (Lipinski definition) is 1. The van der Waals surface area contributed by atoms with Gasteiger partial charge < -0.3 is 9.84 Å². The summed E-state index contributed by atoms with van der Waals surface area (Å²) in [6, 6.07) is 9.88. The fourth-order valence-corrected chi connectivity index (χ4v) is 2.11. The molecular formula is C16H21NO2. The standard InChI is InChI=1S/C16H21NO2/c1-2-3-4-7-10-19-16-15-9-6-5-8-13(15)11-14(12-18)17-16/h5-6,8-9,11,18H,2-4,7,10,12H2,1H3. The molecule has 0 spiro atoms. The third-order valence-electron chi connectivity index (χ3n) is 3.16. The SMILES string of the molecule is CCCCCCOc1nc(CO)cc2ccccc12. The van der Waals surface area contributed by atoms with Crippen molar-refractivity contribution >= 4 is 10.8 Å². The first-order chi connectivity index (χ1) is 9.35. The Balaban J connectivity index is 2.11. The Morgan fingerprint density at radius 2 is 2.00 bits per heavy atom. The first kappa shape index (κ1) is 13.8. The maximum absolute atomic E-state index is 9.25. The Morgan fingerprint density at radius 3 is 2.79 bits per heavy atom. The molecule has 0 aliphatic carbocycles. The van der Waals surface area contributed by atoms with Gasteiger partial charge in [-0.2, -0.15) is 0 Å². The van der Waals surface area contributed by atoms with Crippen molar-refractivity contribution in [2.45, 2.75) is 39.2 Å². The van der Waals surface area contributed by atoms with Gasteiger partial charge in [-0.3, -0.25) is 0 Å². The molecule has 0 aliphatic heterocycles. The normalized spacial score (nSPS) is 10.8. The minimum Gasteiger partial charge on any atom is -0.477 e. The number of aromatic nitrogens is 1. The summed E-state index contributed by atoms with van der Waals surface area (Å²) >= 11 is 0. The van der Waals surface area contributed by atoms with E-state index in [1.54, 1.807) is 0 Å². The molecule has 1 aromatic carbocycles. The number of unbranched alkanes of at least 4 members (excludes halogenated alkanes) is 3. The number of nitrogens with zero attached hydrogens (tertiary/aromatic N) is 1. The van der Waals surface area contributed by atoms with Crippen molar-refractivity contribution in [3.63, 3.8) is 0 Å². The summed E-state index contributed by atoms with van der Waals surface area (Å²) < 4.78 is 5.79. The number of benzene rings is 1. The number of hydrogen-bond acceptors (Lipinski definition) is 3. The van der Waals surface area contributed by atoms with Gasteiger partial charge in [-0.1, -0.05) is 44.4 Å². The molecule has 2 aromatic rings. The molecule has 2 rings (SSSR count). The van der Waals surface area contributed by atoms with E-state index in [0.29, 0.717) is 18.2 Å².